The maximum atomic E-state index is 12.9. The SMILES string of the molecule is Fc1ccc(N(c2cccc(Cl)c2)N(Cl)Cl)cc1. The fourth-order valence-electron chi connectivity index (χ4n) is 1.51. The average Bonchev–Trinajstić information content (AvgIpc) is 2.32. The van der Waals surface area contributed by atoms with E-state index in [1.807, 2.05) is 0 Å². The summed E-state index contributed by atoms with van der Waals surface area (Å²) in [4.78, 5) is 0. The standard InChI is InChI=1S/C12H8Cl3FN2/c13-9-2-1-3-12(8-9)17(18(14)15)11-6-4-10(16)5-7-11/h1-8H. The lowest BCUT2D eigenvalue weighted by molar-refractivity contribution is 0.626. The summed E-state index contributed by atoms with van der Waals surface area (Å²) >= 11 is 17.5. The van der Waals surface area contributed by atoms with Gasteiger partial charge >= 0.3 is 0 Å². The normalized spacial score (nSPS) is 10.7. The van der Waals surface area contributed by atoms with Crippen LogP contribution in [0.4, 0.5) is 15.8 Å². The third-order valence-corrected chi connectivity index (χ3v) is 2.81. The quantitative estimate of drug-likeness (QED) is 0.572. The molecule has 0 bridgehead atoms. The van der Waals surface area contributed by atoms with Crippen LogP contribution in [0.3, 0.4) is 0 Å². The minimum absolute atomic E-state index is 0.333. The Balaban J connectivity index is 2.43. The predicted octanol–water partition coefficient (Wildman–Crippen LogP) is 5.14. The van der Waals surface area contributed by atoms with E-state index in [0.717, 1.165) is 4.05 Å². The Bertz CT molecular complexity index is 531. The Hall–Kier alpha value is -1.000. The minimum atomic E-state index is -0.333. The lowest BCUT2D eigenvalue weighted by atomic mass is 10.2. The molecule has 2 aromatic carbocycles. The molecule has 0 N–H and O–H groups in total. The fourth-order valence-corrected chi connectivity index (χ4v) is 2.05. The van der Waals surface area contributed by atoms with Crippen LogP contribution in [0.5, 0.6) is 0 Å². The van der Waals surface area contributed by atoms with E-state index in [4.69, 9.17) is 35.2 Å². The molecule has 0 aliphatic heterocycles. The van der Waals surface area contributed by atoms with Crippen LogP contribution >= 0.6 is 35.2 Å². The molecule has 2 aromatic rings. The first kappa shape index (κ1) is 13.4. The van der Waals surface area contributed by atoms with Crippen LogP contribution in [0, 0.1) is 5.82 Å². The molecule has 0 fully saturated rings. The fraction of sp³-hybridized carbons (Fsp3) is 0. The molecular formula is C12H8Cl3FN2. The van der Waals surface area contributed by atoms with Crippen LogP contribution in [0.15, 0.2) is 48.5 Å². The van der Waals surface area contributed by atoms with Crippen molar-refractivity contribution in [2.24, 2.45) is 0 Å². The second-order valence-electron chi connectivity index (χ2n) is 3.48. The maximum Gasteiger partial charge on any atom is 0.123 e. The smallest absolute Gasteiger partial charge is 0.123 e. The van der Waals surface area contributed by atoms with E-state index >= 15 is 0 Å². The Morgan fingerprint density at radius 2 is 1.56 bits per heavy atom. The van der Waals surface area contributed by atoms with Gasteiger partial charge in [-0.05, 0) is 46.5 Å². The van der Waals surface area contributed by atoms with Crippen LogP contribution in [-0.2, 0) is 0 Å². The zero-order valence-electron chi connectivity index (χ0n) is 9.03. The van der Waals surface area contributed by atoms with Gasteiger partial charge in [-0.2, -0.15) is 0 Å². The summed E-state index contributed by atoms with van der Waals surface area (Å²) in [7, 11) is 0. The number of benzene rings is 2. The van der Waals surface area contributed by atoms with E-state index in [0.29, 0.717) is 16.4 Å². The highest BCUT2D eigenvalue weighted by Gasteiger charge is 2.15. The van der Waals surface area contributed by atoms with Crippen molar-refractivity contribution in [1.29, 1.82) is 0 Å². The van der Waals surface area contributed by atoms with Gasteiger partial charge in [0.25, 0.3) is 0 Å². The first-order valence-electron chi connectivity index (χ1n) is 5.01. The van der Waals surface area contributed by atoms with Gasteiger partial charge in [0, 0.05) is 28.6 Å². The number of hydrazine groups is 1. The van der Waals surface area contributed by atoms with Crippen molar-refractivity contribution < 1.29 is 4.39 Å². The van der Waals surface area contributed by atoms with Gasteiger partial charge < -0.3 is 0 Å². The van der Waals surface area contributed by atoms with Crippen molar-refractivity contribution in [3.63, 3.8) is 0 Å². The highest BCUT2D eigenvalue weighted by molar-refractivity contribution is 6.35. The summed E-state index contributed by atoms with van der Waals surface area (Å²) in [6.07, 6.45) is 0. The molecule has 0 saturated carbocycles. The van der Waals surface area contributed by atoms with Crippen molar-refractivity contribution in [2.75, 3.05) is 5.01 Å². The van der Waals surface area contributed by atoms with Gasteiger partial charge in [0.2, 0.25) is 0 Å². The molecule has 18 heavy (non-hydrogen) atoms. The molecule has 0 saturated heterocycles. The van der Waals surface area contributed by atoms with E-state index in [-0.39, 0.29) is 5.82 Å². The van der Waals surface area contributed by atoms with Gasteiger partial charge in [-0.15, -0.1) is 0 Å². The highest BCUT2D eigenvalue weighted by Crippen LogP contribution is 2.31. The Kier molecular flexibility index (Phi) is 4.30. The van der Waals surface area contributed by atoms with Crippen LogP contribution < -0.4 is 5.01 Å². The Labute approximate surface area is 119 Å². The molecule has 6 heteroatoms. The number of halogens is 4. The molecule has 94 valence electrons. The lowest BCUT2D eigenvalue weighted by Crippen LogP contribution is -2.24. The third kappa shape index (κ3) is 3.06. The molecule has 2 rings (SSSR count). The molecule has 0 aliphatic rings. The number of hydrogen-bond acceptors (Lipinski definition) is 2. The summed E-state index contributed by atoms with van der Waals surface area (Å²) in [6.45, 7) is 0. The summed E-state index contributed by atoms with van der Waals surface area (Å²) in [5, 5.41) is 2.03. The van der Waals surface area contributed by atoms with Crippen LogP contribution in [0.2, 0.25) is 5.02 Å². The second kappa shape index (κ2) is 5.76. The van der Waals surface area contributed by atoms with Gasteiger partial charge in [0.1, 0.15) is 5.82 Å². The van der Waals surface area contributed by atoms with Crippen molar-refractivity contribution in [3.8, 4) is 0 Å². The molecule has 0 aliphatic carbocycles. The maximum absolute atomic E-state index is 12.9. The molecule has 0 radical (unpaired) electrons. The minimum Gasteiger partial charge on any atom is -0.246 e. The van der Waals surface area contributed by atoms with E-state index in [1.165, 1.54) is 17.1 Å². The number of anilines is 2. The molecule has 2 nitrogen and oxygen atoms in total. The Morgan fingerprint density at radius 1 is 0.889 bits per heavy atom. The molecule has 0 spiro atoms. The first-order valence-corrected chi connectivity index (χ1v) is 6.06. The van der Waals surface area contributed by atoms with E-state index in [1.54, 1.807) is 36.4 Å². The Morgan fingerprint density at radius 3 is 2.11 bits per heavy atom. The van der Waals surface area contributed by atoms with Crippen molar-refractivity contribution in [3.05, 3.63) is 59.4 Å². The van der Waals surface area contributed by atoms with Crippen LogP contribution in [0.25, 0.3) is 0 Å². The van der Waals surface area contributed by atoms with Crippen molar-refractivity contribution >= 4 is 46.5 Å². The number of hydrogen-bond donors (Lipinski definition) is 0. The monoisotopic (exact) mass is 304 g/mol. The van der Waals surface area contributed by atoms with Crippen molar-refractivity contribution in [1.82, 2.24) is 4.05 Å². The zero-order valence-corrected chi connectivity index (χ0v) is 11.3. The summed E-state index contributed by atoms with van der Waals surface area (Å²) < 4.78 is 13.8. The van der Waals surface area contributed by atoms with E-state index < -0.39 is 0 Å². The molecule has 0 amide bonds. The van der Waals surface area contributed by atoms with E-state index in [9.17, 15) is 4.39 Å². The molecule has 0 heterocycles. The highest BCUT2D eigenvalue weighted by atomic mass is 35.5. The topological polar surface area (TPSA) is 6.48 Å². The summed E-state index contributed by atoms with van der Waals surface area (Å²) in [5.74, 6) is -0.333. The van der Waals surface area contributed by atoms with Gasteiger partial charge in [-0.3, -0.25) is 0 Å². The average molecular weight is 306 g/mol. The van der Waals surface area contributed by atoms with E-state index in [2.05, 4.69) is 0 Å². The molecule has 0 aromatic heterocycles. The van der Waals surface area contributed by atoms with Gasteiger partial charge in [-0.25, -0.2) is 9.40 Å². The number of nitrogens with zero attached hydrogens (tertiary/aromatic N) is 2. The summed E-state index contributed by atoms with van der Waals surface area (Å²) in [6, 6.07) is 12.8. The first-order chi connectivity index (χ1) is 8.58. The largest absolute Gasteiger partial charge is 0.246 e. The lowest BCUT2D eigenvalue weighted by Gasteiger charge is -2.26. The van der Waals surface area contributed by atoms with Gasteiger partial charge in [0.05, 0.1) is 11.4 Å². The summed E-state index contributed by atoms with van der Waals surface area (Å²) in [5.41, 5.74) is 1.28. The number of rotatable bonds is 3. The zero-order chi connectivity index (χ0) is 13.1. The molecule has 0 atom stereocenters. The molecular weight excluding hydrogens is 298 g/mol. The predicted molar refractivity (Wildman–Crippen MR) is 73.5 cm³/mol. The van der Waals surface area contributed by atoms with Gasteiger partial charge in [0.15, 0.2) is 0 Å². The van der Waals surface area contributed by atoms with Crippen molar-refractivity contribution in [2.45, 2.75) is 0 Å². The van der Waals surface area contributed by atoms with Gasteiger partial charge in [-0.1, -0.05) is 17.7 Å². The molecule has 0 unspecified atom stereocenters. The second-order valence-corrected chi connectivity index (χ2v) is 4.73. The van der Waals surface area contributed by atoms with Crippen LogP contribution in [-0.4, -0.2) is 4.05 Å². The van der Waals surface area contributed by atoms with Crippen LogP contribution in [0.1, 0.15) is 0 Å². The third-order valence-electron chi connectivity index (χ3n) is 2.28.